The van der Waals surface area contributed by atoms with Crippen LogP contribution in [0.1, 0.15) is 25.3 Å². The van der Waals surface area contributed by atoms with Crippen molar-refractivity contribution < 1.29 is 18.3 Å². The lowest BCUT2D eigenvalue weighted by molar-refractivity contribution is -0.0498. The topological polar surface area (TPSA) is 49.3 Å². The van der Waals surface area contributed by atoms with Crippen molar-refractivity contribution >= 4 is 5.96 Å². The molecule has 1 fully saturated rings. The summed E-state index contributed by atoms with van der Waals surface area (Å²) in [6, 6.07) is 6.69. The number of nitrogens with zero attached hydrogens (tertiary/aromatic N) is 3. The molecule has 0 saturated carbocycles. The number of aliphatic imine (C=N–C) groups is 1. The Hall–Kier alpha value is -1.93. The predicted octanol–water partition coefficient (Wildman–Crippen LogP) is 2.80. The molecule has 6 nitrogen and oxygen atoms in total. The van der Waals surface area contributed by atoms with E-state index in [0.29, 0.717) is 13.1 Å². The summed E-state index contributed by atoms with van der Waals surface area (Å²) >= 11 is 0. The zero-order chi connectivity index (χ0) is 20.6. The van der Waals surface area contributed by atoms with E-state index in [0.717, 1.165) is 44.1 Å². The zero-order valence-corrected chi connectivity index (χ0v) is 17.3. The molecular formula is C20H32F2N4O2. The fraction of sp³-hybridized carbons (Fsp3) is 0.650. The molecule has 0 radical (unpaired) electrons. The number of likely N-dealkylation sites (N-methyl/N-ethyl adjacent to an activating group) is 1. The normalized spacial score (nSPS) is 17.1. The first-order chi connectivity index (χ1) is 13.4. The van der Waals surface area contributed by atoms with E-state index in [1.165, 1.54) is 0 Å². The highest BCUT2D eigenvalue weighted by Crippen LogP contribution is 2.26. The third-order valence-corrected chi connectivity index (χ3v) is 5.16. The standard InChI is InChI=1S/C20H32F2N4O2/c1-5-23-19(24-15-20(25(2)3)10-12-27-13-11-20)26(4)14-16-6-8-17(9-7-16)28-18(21)22/h6-9,18H,5,10-15H2,1-4H3,(H,23,24). The van der Waals surface area contributed by atoms with Gasteiger partial charge in [0.1, 0.15) is 5.75 Å². The first-order valence-electron chi connectivity index (χ1n) is 9.64. The van der Waals surface area contributed by atoms with Crippen LogP contribution < -0.4 is 10.1 Å². The van der Waals surface area contributed by atoms with Gasteiger partial charge in [-0.1, -0.05) is 12.1 Å². The highest BCUT2D eigenvalue weighted by Gasteiger charge is 2.34. The molecule has 1 saturated heterocycles. The summed E-state index contributed by atoms with van der Waals surface area (Å²) in [6.45, 7) is 2.81. The molecule has 1 heterocycles. The van der Waals surface area contributed by atoms with E-state index in [9.17, 15) is 8.78 Å². The van der Waals surface area contributed by atoms with Crippen molar-refractivity contribution in [2.75, 3.05) is 47.4 Å². The lowest BCUT2D eigenvalue weighted by Crippen LogP contribution is -2.51. The molecule has 0 aromatic heterocycles. The Labute approximate surface area is 166 Å². The van der Waals surface area contributed by atoms with Gasteiger partial charge in [0.25, 0.3) is 0 Å². The molecule has 1 aromatic rings. The number of hydrogen-bond acceptors (Lipinski definition) is 4. The quantitative estimate of drug-likeness (QED) is 0.539. The molecule has 0 spiro atoms. The van der Waals surface area contributed by atoms with Crippen LogP contribution in [0, 0.1) is 0 Å². The number of halogens is 2. The van der Waals surface area contributed by atoms with Gasteiger partial charge >= 0.3 is 6.61 Å². The maximum Gasteiger partial charge on any atom is 0.387 e. The smallest absolute Gasteiger partial charge is 0.387 e. The van der Waals surface area contributed by atoms with E-state index >= 15 is 0 Å². The van der Waals surface area contributed by atoms with Crippen LogP contribution in [0.25, 0.3) is 0 Å². The van der Waals surface area contributed by atoms with Gasteiger partial charge in [0.05, 0.1) is 6.54 Å². The lowest BCUT2D eigenvalue weighted by atomic mass is 9.89. The Bertz CT molecular complexity index is 617. The SMILES string of the molecule is CCNC(=NCC1(N(C)C)CCOCC1)N(C)Cc1ccc(OC(F)F)cc1. The van der Waals surface area contributed by atoms with Gasteiger partial charge in [0.15, 0.2) is 5.96 Å². The van der Waals surface area contributed by atoms with Crippen molar-refractivity contribution in [1.82, 2.24) is 15.1 Å². The monoisotopic (exact) mass is 398 g/mol. The number of guanidine groups is 1. The van der Waals surface area contributed by atoms with Gasteiger partial charge in [-0.2, -0.15) is 8.78 Å². The maximum atomic E-state index is 12.3. The third-order valence-electron chi connectivity index (χ3n) is 5.16. The fourth-order valence-electron chi connectivity index (χ4n) is 3.31. The summed E-state index contributed by atoms with van der Waals surface area (Å²) in [4.78, 5) is 9.19. The summed E-state index contributed by atoms with van der Waals surface area (Å²) < 4.78 is 34.5. The number of hydrogen-bond donors (Lipinski definition) is 1. The van der Waals surface area contributed by atoms with Crippen molar-refractivity contribution in [1.29, 1.82) is 0 Å². The summed E-state index contributed by atoms with van der Waals surface area (Å²) in [5.74, 6) is 0.984. The van der Waals surface area contributed by atoms with Gasteiger partial charge in [-0.25, -0.2) is 0 Å². The minimum Gasteiger partial charge on any atom is -0.435 e. The van der Waals surface area contributed by atoms with E-state index in [2.05, 4.69) is 29.0 Å². The number of rotatable bonds is 8. The van der Waals surface area contributed by atoms with Gasteiger partial charge in [-0.15, -0.1) is 0 Å². The molecule has 0 unspecified atom stereocenters. The highest BCUT2D eigenvalue weighted by molar-refractivity contribution is 5.79. The van der Waals surface area contributed by atoms with E-state index in [1.54, 1.807) is 24.3 Å². The van der Waals surface area contributed by atoms with Crippen LogP contribution >= 0.6 is 0 Å². The predicted molar refractivity (Wildman–Crippen MR) is 107 cm³/mol. The molecule has 1 N–H and O–H groups in total. The van der Waals surface area contributed by atoms with E-state index < -0.39 is 6.61 Å². The minimum atomic E-state index is -2.81. The molecule has 0 bridgehead atoms. The second-order valence-electron chi connectivity index (χ2n) is 7.28. The van der Waals surface area contributed by atoms with Crippen LogP contribution in [0.5, 0.6) is 5.75 Å². The molecule has 28 heavy (non-hydrogen) atoms. The fourth-order valence-corrected chi connectivity index (χ4v) is 3.31. The highest BCUT2D eigenvalue weighted by atomic mass is 19.3. The Balaban J connectivity index is 2.05. The van der Waals surface area contributed by atoms with Crippen LogP contribution in [0.3, 0.4) is 0 Å². The van der Waals surface area contributed by atoms with Crippen molar-refractivity contribution in [2.24, 2.45) is 4.99 Å². The van der Waals surface area contributed by atoms with Crippen LogP contribution in [0.4, 0.5) is 8.78 Å². The molecule has 8 heteroatoms. The number of benzene rings is 1. The summed E-state index contributed by atoms with van der Waals surface area (Å²) in [5, 5.41) is 3.34. The summed E-state index contributed by atoms with van der Waals surface area (Å²) in [6.07, 6.45) is 1.91. The molecule has 158 valence electrons. The maximum absolute atomic E-state index is 12.3. The molecular weight excluding hydrogens is 366 g/mol. The Morgan fingerprint density at radius 2 is 1.86 bits per heavy atom. The van der Waals surface area contributed by atoms with Crippen LogP contribution in [0.2, 0.25) is 0 Å². The van der Waals surface area contributed by atoms with E-state index in [-0.39, 0.29) is 11.3 Å². The molecule has 0 aliphatic carbocycles. The average molecular weight is 398 g/mol. The van der Waals surface area contributed by atoms with Crippen LogP contribution in [0.15, 0.2) is 29.3 Å². The van der Waals surface area contributed by atoms with Crippen molar-refractivity contribution in [3.8, 4) is 5.75 Å². The summed E-state index contributed by atoms with van der Waals surface area (Å²) in [7, 11) is 6.17. The molecule has 0 amide bonds. The van der Waals surface area contributed by atoms with Crippen LogP contribution in [-0.4, -0.2) is 75.4 Å². The van der Waals surface area contributed by atoms with Gasteiger partial charge in [-0.3, -0.25) is 4.99 Å². The average Bonchev–Trinajstić information content (AvgIpc) is 2.66. The molecule has 0 atom stereocenters. The van der Waals surface area contributed by atoms with Crippen molar-refractivity contribution in [3.05, 3.63) is 29.8 Å². The second kappa shape index (κ2) is 10.6. The largest absolute Gasteiger partial charge is 0.435 e. The Morgan fingerprint density at radius 1 is 1.21 bits per heavy atom. The molecule has 1 aliphatic rings. The first-order valence-corrected chi connectivity index (χ1v) is 9.64. The molecule has 1 aliphatic heterocycles. The Kier molecular flexibility index (Phi) is 8.44. The lowest BCUT2D eigenvalue weighted by Gasteiger charge is -2.42. The minimum absolute atomic E-state index is 0.00796. The number of alkyl halides is 2. The van der Waals surface area contributed by atoms with Gasteiger partial charge in [0.2, 0.25) is 0 Å². The van der Waals surface area contributed by atoms with E-state index in [4.69, 9.17) is 9.73 Å². The molecule has 1 aromatic carbocycles. The second-order valence-corrected chi connectivity index (χ2v) is 7.28. The van der Waals surface area contributed by atoms with E-state index in [1.807, 2.05) is 18.9 Å². The zero-order valence-electron chi connectivity index (χ0n) is 17.3. The number of ether oxygens (including phenoxy) is 2. The van der Waals surface area contributed by atoms with Crippen molar-refractivity contribution in [2.45, 2.75) is 38.5 Å². The van der Waals surface area contributed by atoms with Gasteiger partial charge in [0, 0.05) is 38.9 Å². The third kappa shape index (κ3) is 6.31. The van der Waals surface area contributed by atoms with Crippen molar-refractivity contribution in [3.63, 3.8) is 0 Å². The van der Waals surface area contributed by atoms with Gasteiger partial charge < -0.3 is 24.6 Å². The molecule has 2 rings (SSSR count). The van der Waals surface area contributed by atoms with Gasteiger partial charge in [-0.05, 0) is 51.6 Å². The number of nitrogens with one attached hydrogen (secondary N) is 1. The first kappa shape index (κ1) is 22.4. The van der Waals surface area contributed by atoms with Crippen LogP contribution in [-0.2, 0) is 11.3 Å². The summed E-state index contributed by atoms with van der Waals surface area (Å²) in [5.41, 5.74) is 0.997. The Morgan fingerprint density at radius 3 is 2.39 bits per heavy atom.